The van der Waals surface area contributed by atoms with Crippen molar-refractivity contribution in [1.82, 2.24) is 0 Å². The van der Waals surface area contributed by atoms with Crippen LogP contribution in [0, 0.1) is 0 Å². The number of rotatable bonds is 12. The molecule has 3 aliphatic rings. The second-order valence-electron chi connectivity index (χ2n) is 10.0. The van der Waals surface area contributed by atoms with Gasteiger partial charge >= 0.3 is 7.82 Å². The smallest absolute Gasteiger partial charge is 0.396 e. The molecule has 0 spiro atoms. The molecule has 0 aromatic heterocycles. The van der Waals surface area contributed by atoms with Crippen LogP contribution in [0.4, 0.5) is 0 Å². The molecule has 1 saturated carbocycles. The molecule has 3 rings (SSSR count). The molecule has 3 fully saturated rings. The van der Waals surface area contributed by atoms with Crippen LogP contribution in [0.5, 0.6) is 0 Å². The first kappa shape index (κ1) is 35.9. The summed E-state index contributed by atoms with van der Waals surface area (Å²) in [5.41, 5.74) is 0. The fourth-order valence-electron chi connectivity index (χ4n) is 4.70. The van der Waals surface area contributed by atoms with Crippen LogP contribution in [0.3, 0.4) is 0 Å². The van der Waals surface area contributed by atoms with Gasteiger partial charge in [0.05, 0.1) is 19.8 Å². The van der Waals surface area contributed by atoms with Gasteiger partial charge in [0.1, 0.15) is 85.5 Å². The molecule has 0 amide bonds. The van der Waals surface area contributed by atoms with Gasteiger partial charge in [0.2, 0.25) is 0 Å². The number of aliphatic hydroxyl groups is 12. The summed E-state index contributed by atoms with van der Waals surface area (Å²) in [5, 5.41) is 121. The minimum atomic E-state index is -5.20. The van der Waals surface area contributed by atoms with E-state index in [0.29, 0.717) is 0 Å². The molecule has 13 N–H and O–H groups in total. The van der Waals surface area contributed by atoms with Crippen LogP contribution >= 0.6 is 7.82 Å². The van der Waals surface area contributed by atoms with Crippen molar-refractivity contribution in [2.24, 2.45) is 0 Å². The number of hydrogen-bond acceptors (Lipinski definition) is 19. The van der Waals surface area contributed by atoms with Gasteiger partial charge in [0.15, 0.2) is 12.6 Å². The Hall–Kier alpha value is -0.530. The van der Waals surface area contributed by atoms with Crippen molar-refractivity contribution in [3.05, 3.63) is 0 Å². The highest BCUT2D eigenvalue weighted by Crippen LogP contribution is 2.48. The molecule has 13 unspecified atom stereocenters. The van der Waals surface area contributed by atoms with Gasteiger partial charge in [-0.05, 0) is 6.42 Å². The first-order chi connectivity index (χ1) is 19.7. The summed E-state index contributed by atoms with van der Waals surface area (Å²) in [4.78, 5) is 10.3. The molecule has 2 aliphatic heterocycles. The van der Waals surface area contributed by atoms with E-state index in [1.807, 2.05) is 0 Å². The SMILES string of the molecule is O=P(O)(OCCCO)OC1C(O[C@H]2OC(CO)[C@@H](O)C(O)C2O)C(O)C(O)C(O)C1O[C@H]1OC(CO)[C@H](O)C(O)C1O. The fraction of sp³-hybridized carbons (Fsp3) is 1.00. The minimum Gasteiger partial charge on any atom is -0.396 e. The average molecular weight is 642 g/mol. The van der Waals surface area contributed by atoms with Crippen molar-refractivity contribution >= 4 is 7.82 Å². The lowest BCUT2D eigenvalue weighted by molar-refractivity contribution is -0.360. The monoisotopic (exact) mass is 642 g/mol. The zero-order valence-electron chi connectivity index (χ0n) is 21.9. The second kappa shape index (κ2) is 15.2. The molecule has 1 aliphatic carbocycles. The number of phosphoric ester groups is 1. The van der Waals surface area contributed by atoms with E-state index in [9.17, 15) is 65.6 Å². The van der Waals surface area contributed by atoms with Crippen molar-refractivity contribution in [1.29, 1.82) is 0 Å². The summed E-state index contributed by atoms with van der Waals surface area (Å²) in [6.07, 6.45) is -31.9. The topological polar surface area (TPSA) is 335 Å². The summed E-state index contributed by atoms with van der Waals surface area (Å²) >= 11 is 0. The van der Waals surface area contributed by atoms with E-state index in [1.54, 1.807) is 0 Å². The zero-order valence-corrected chi connectivity index (χ0v) is 22.8. The molecule has 0 bridgehead atoms. The molecule has 2 heterocycles. The van der Waals surface area contributed by atoms with Crippen LogP contribution in [0.2, 0.25) is 0 Å². The third kappa shape index (κ3) is 7.81. The molecule has 20 nitrogen and oxygen atoms in total. The van der Waals surface area contributed by atoms with Gasteiger partial charge < -0.3 is 85.1 Å². The van der Waals surface area contributed by atoms with Crippen LogP contribution in [0.1, 0.15) is 6.42 Å². The van der Waals surface area contributed by atoms with Crippen LogP contribution in [0.25, 0.3) is 0 Å². The molecule has 2 saturated heterocycles. The third-order valence-electron chi connectivity index (χ3n) is 7.11. The van der Waals surface area contributed by atoms with Gasteiger partial charge in [-0.15, -0.1) is 0 Å². The first-order valence-corrected chi connectivity index (χ1v) is 14.4. The lowest BCUT2D eigenvalue weighted by atomic mass is 9.84. The largest absolute Gasteiger partial charge is 0.472 e. The van der Waals surface area contributed by atoms with Crippen molar-refractivity contribution in [2.45, 2.75) is 104 Å². The summed E-state index contributed by atoms with van der Waals surface area (Å²) < 4.78 is 44.1. The molecule has 0 radical (unpaired) electrons. The van der Waals surface area contributed by atoms with Gasteiger partial charge in [0, 0.05) is 6.61 Å². The number of phosphoric acid groups is 1. The molecule has 0 aromatic carbocycles. The minimum absolute atomic E-state index is 0.127. The second-order valence-corrected chi connectivity index (χ2v) is 11.4. The lowest BCUT2D eigenvalue weighted by Crippen LogP contribution is -2.69. The van der Waals surface area contributed by atoms with E-state index in [0.717, 1.165) is 0 Å². The van der Waals surface area contributed by atoms with Crippen molar-refractivity contribution in [3.63, 3.8) is 0 Å². The summed E-state index contributed by atoms with van der Waals surface area (Å²) in [5.74, 6) is 0. The number of ether oxygens (including phenoxy) is 4. The predicted octanol–water partition coefficient (Wildman–Crippen LogP) is -7.66. The van der Waals surface area contributed by atoms with Crippen LogP contribution in [0.15, 0.2) is 0 Å². The van der Waals surface area contributed by atoms with E-state index < -0.39 is 132 Å². The standard InChI is InChI=1S/C21H39O20P/c22-2-1-3-36-42(34,35)41-19-17(39-20-15(32)10(27)8(25)6(4-23)37-20)13(30)12(29)14(31)18(19)40-21-16(33)11(28)9(26)7(5-24)38-21/h6-33H,1-5H2,(H,34,35)/t6?,7?,8-,9+,10?,11?,12?,13?,14?,15?,16?,17?,18?,19?,20-,21-/m1/s1. The van der Waals surface area contributed by atoms with Gasteiger partial charge in [-0.2, -0.15) is 0 Å². The normalized spacial score (nSPS) is 48.1. The zero-order chi connectivity index (χ0) is 31.5. The number of hydrogen-bond donors (Lipinski definition) is 13. The highest BCUT2D eigenvalue weighted by molar-refractivity contribution is 7.47. The third-order valence-corrected chi connectivity index (χ3v) is 8.13. The summed E-state index contributed by atoms with van der Waals surface area (Å²) in [7, 11) is -5.20. The fourth-order valence-corrected chi connectivity index (χ4v) is 5.67. The van der Waals surface area contributed by atoms with E-state index >= 15 is 0 Å². The van der Waals surface area contributed by atoms with Gasteiger partial charge in [-0.25, -0.2) is 4.57 Å². The summed E-state index contributed by atoms with van der Waals surface area (Å²) in [6.45, 7) is -2.74. The quantitative estimate of drug-likeness (QED) is 0.0694. The maximum absolute atomic E-state index is 12.8. The molecular formula is C21H39O20P. The van der Waals surface area contributed by atoms with Crippen molar-refractivity contribution in [3.8, 4) is 0 Å². The average Bonchev–Trinajstić information content (AvgIpc) is 2.95. The Labute approximate surface area is 238 Å². The maximum Gasteiger partial charge on any atom is 0.472 e. The Morgan fingerprint density at radius 2 is 0.976 bits per heavy atom. The molecular weight excluding hydrogens is 603 g/mol. The van der Waals surface area contributed by atoms with Gasteiger partial charge in [-0.1, -0.05) is 0 Å². The maximum atomic E-state index is 12.8. The van der Waals surface area contributed by atoms with E-state index in [-0.39, 0.29) is 6.42 Å². The molecule has 248 valence electrons. The highest BCUT2D eigenvalue weighted by Gasteiger charge is 2.58. The van der Waals surface area contributed by atoms with Gasteiger partial charge in [-0.3, -0.25) is 9.05 Å². The van der Waals surface area contributed by atoms with Crippen molar-refractivity contribution in [2.75, 3.05) is 26.4 Å². The van der Waals surface area contributed by atoms with Crippen LogP contribution in [-0.4, -0.2) is 191 Å². The van der Waals surface area contributed by atoms with Crippen molar-refractivity contribution < 1.29 is 98.7 Å². The molecule has 42 heavy (non-hydrogen) atoms. The summed E-state index contributed by atoms with van der Waals surface area (Å²) in [6, 6.07) is 0. The Balaban J connectivity index is 1.97. The Bertz CT molecular complexity index is 829. The predicted molar refractivity (Wildman–Crippen MR) is 128 cm³/mol. The van der Waals surface area contributed by atoms with E-state index in [2.05, 4.69) is 0 Å². The van der Waals surface area contributed by atoms with Crippen LogP contribution in [-0.2, 0) is 32.6 Å². The Morgan fingerprint density at radius 1 is 0.571 bits per heavy atom. The molecule has 17 atom stereocenters. The van der Waals surface area contributed by atoms with Crippen LogP contribution < -0.4 is 0 Å². The van der Waals surface area contributed by atoms with Gasteiger partial charge in [0.25, 0.3) is 0 Å². The van der Waals surface area contributed by atoms with E-state index in [1.165, 1.54) is 0 Å². The lowest BCUT2D eigenvalue weighted by Gasteiger charge is -2.49. The molecule has 21 heteroatoms. The Kier molecular flexibility index (Phi) is 13.0. The number of aliphatic hydroxyl groups excluding tert-OH is 12. The first-order valence-electron chi connectivity index (χ1n) is 12.9. The highest BCUT2D eigenvalue weighted by atomic mass is 31.2. The Morgan fingerprint density at radius 3 is 1.36 bits per heavy atom. The molecule has 0 aromatic rings. The van der Waals surface area contributed by atoms with E-state index in [4.69, 9.17) is 33.1 Å².